The average molecular weight is 468 g/mol. The zero-order chi connectivity index (χ0) is 22.0. The Balaban J connectivity index is 2.25. The maximum atomic E-state index is 12.4. The van der Waals surface area contributed by atoms with E-state index in [0.717, 1.165) is 11.3 Å². The van der Waals surface area contributed by atoms with Gasteiger partial charge in [0.1, 0.15) is 11.5 Å². The smallest absolute Gasteiger partial charge is 0.343 e. The number of benzene rings is 1. The van der Waals surface area contributed by atoms with Crippen LogP contribution in [0.4, 0.5) is 28.7 Å². The van der Waals surface area contributed by atoms with Crippen molar-refractivity contribution in [2.45, 2.75) is 32.4 Å². The van der Waals surface area contributed by atoms with E-state index in [1.807, 2.05) is 26.1 Å². The standard InChI is InChI=1S/C18H18Cl2F3N3O2S/c1-17(2,3)12-7-9(14(27)24-8-18(21,22)23)15(29-12)26-16(28)25-11-6-4-5-10(19)13(11)20/h4-7H,8H2,1-3H3,(H,24,27)(H2,25,26,28). The third-order valence-electron chi connectivity index (χ3n) is 3.59. The number of urea groups is 1. The second kappa shape index (κ2) is 8.81. The summed E-state index contributed by atoms with van der Waals surface area (Å²) in [6.07, 6.45) is -4.55. The molecule has 0 bridgehead atoms. The predicted octanol–water partition coefficient (Wildman–Crippen LogP) is 6.29. The fourth-order valence-electron chi connectivity index (χ4n) is 2.15. The van der Waals surface area contributed by atoms with Gasteiger partial charge in [-0.15, -0.1) is 11.3 Å². The molecule has 2 rings (SSSR count). The van der Waals surface area contributed by atoms with Crippen molar-refractivity contribution in [3.63, 3.8) is 0 Å². The van der Waals surface area contributed by atoms with Crippen LogP contribution in [0.3, 0.4) is 0 Å². The lowest BCUT2D eigenvalue weighted by Crippen LogP contribution is -2.34. The first-order valence-electron chi connectivity index (χ1n) is 8.29. The maximum absolute atomic E-state index is 12.4. The fraction of sp³-hybridized carbons (Fsp3) is 0.333. The molecule has 1 aromatic carbocycles. The number of rotatable bonds is 4. The molecule has 2 aromatic rings. The Hall–Kier alpha value is -1.97. The number of hydrogen-bond acceptors (Lipinski definition) is 3. The number of thiophene rings is 1. The van der Waals surface area contributed by atoms with E-state index < -0.39 is 24.7 Å². The summed E-state index contributed by atoms with van der Waals surface area (Å²) in [5.41, 5.74) is -0.194. The monoisotopic (exact) mass is 467 g/mol. The SMILES string of the molecule is CC(C)(C)c1cc(C(=O)NCC(F)(F)F)c(NC(=O)Nc2cccc(Cl)c2Cl)s1. The van der Waals surface area contributed by atoms with Crippen molar-refractivity contribution in [2.75, 3.05) is 17.2 Å². The van der Waals surface area contributed by atoms with Gasteiger partial charge in [-0.05, 0) is 23.6 Å². The quantitative estimate of drug-likeness (QED) is 0.494. The number of amides is 3. The molecule has 3 N–H and O–H groups in total. The van der Waals surface area contributed by atoms with E-state index in [2.05, 4.69) is 10.6 Å². The minimum Gasteiger partial charge on any atom is -0.343 e. The molecule has 0 unspecified atom stereocenters. The second-order valence-electron chi connectivity index (χ2n) is 7.08. The summed E-state index contributed by atoms with van der Waals surface area (Å²) in [5, 5.41) is 7.30. The first-order valence-corrected chi connectivity index (χ1v) is 9.86. The number of carbonyl (C=O) groups excluding carboxylic acids is 2. The Morgan fingerprint density at radius 2 is 1.76 bits per heavy atom. The molecule has 0 aliphatic carbocycles. The maximum Gasteiger partial charge on any atom is 0.405 e. The van der Waals surface area contributed by atoms with E-state index in [9.17, 15) is 22.8 Å². The Labute approximate surface area is 179 Å². The van der Waals surface area contributed by atoms with Crippen LogP contribution in [0, 0.1) is 0 Å². The molecule has 11 heteroatoms. The fourth-order valence-corrected chi connectivity index (χ4v) is 3.61. The Morgan fingerprint density at radius 1 is 1.10 bits per heavy atom. The lowest BCUT2D eigenvalue weighted by Gasteiger charge is -2.15. The van der Waals surface area contributed by atoms with E-state index in [1.54, 1.807) is 12.1 Å². The minimum absolute atomic E-state index is 0.0588. The molecule has 0 spiro atoms. The lowest BCUT2D eigenvalue weighted by molar-refractivity contribution is -0.123. The van der Waals surface area contributed by atoms with Crippen molar-refractivity contribution in [1.29, 1.82) is 0 Å². The van der Waals surface area contributed by atoms with Crippen molar-refractivity contribution >= 4 is 57.2 Å². The van der Waals surface area contributed by atoms with Crippen LogP contribution in [0.15, 0.2) is 24.3 Å². The minimum atomic E-state index is -4.55. The van der Waals surface area contributed by atoms with E-state index in [1.165, 1.54) is 12.1 Å². The van der Waals surface area contributed by atoms with Gasteiger partial charge >= 0.3 is 12.2 Å². The molecule has 0 aliphatic rings. The molecule has 0 atom stereocenters. The highest BCUT2D eigenvalue weighted by atomic mass is 35.5. The van der Waals surface area contributed by atoms with Crippen LogP contribution in [-0.2, 0) is 5.41 Å². The first kappa shape index (κ1) is 23.3. The largest absolute Gasteiger partial charge is 0.405 e. The van der Waals surface area contributed by atoms with Crippen molar-refractivity contribution < 1.29 is 22.8 Å². The van der Waals surface area contributed by atoms with E-state index >= 15 is 0 Å². The van der Waals surface area contributed by atoms with Gasteiger partial charge in [0.25, 0.3) is 5.91 Å². The van der Waals surface area contributed by atoms with Crippen molar-refractivity contribution in [2.24, 2.45) is 0 Å². The molecule has 0 aliphatic heterocycles. The highest BCUT2D eigenvalue weighted by Gasteiger charge is 2.30. The zero-order valence-corrected chi connectivity index (χ0v) is 18.0. The summed E-state index contributed by atoms with van der Waals surface area (Å²) in [6.45, 7) is 4.17. The molecule has 0 radical (unpaired) electrons. The molecule has 29 heavy (non-hydrogen) atoms. The summed E-state index contributed by atoms with van der Waals surface area (Å²) in [7, 11) is 0. The summed E-state index contributed by atoms with van der Waals surface area (Å²) in [6, 6.07) is 5.41. The predicted molar refractivity (Wildman–Crippen MR) is 111 cm³/mol. The molecule has 0 fully saturated rings. The third-order valence-corrected chi connectivity index (χ3v) is 5.89. The molecule has 1 aromatic heterocycles. The normalized spacial score (nSPS) is 11.9. The average Bonchev–Trinajstić information content (AvgIpc) is 3.00. The second-order valence-corrected chi connectivity index (χ2v) is 8.92. The molecule has 3 amide bonds. The van der Waals surface area contributed by atoms with Crippen LogP contribution in [-0.4, -0.2) is 24.7 Å². The number of carbonyl (C=O) groups is 2. The summed E-state index contributed by atoms with van der Waals surface area (Å²) in [5.74, 6) is -0.940. The Kier molecular flexibility index (Phi) is 7.08. The van der Waals surface area contributed by atoms with Gasteiger partial charge in [-0.2, -0.15) is 13.2 Å². The Morgan fingerprint density at radius 3 is 2.34 bits per heavy atom. The number of hydrogen-bond donors (Lipinski definition) is 3. The van der Waals surface area contributed by atoms with E-state index in [0.29, 0.717) is 4.88 Å². The highest BCUT2D eigenvalue weighted by Crippen LogP contribution is 2.36. The van der Waals surface area contributed by atoms with Gasteiger partial charge in [0.05, 0.1) is 21.3 Å². The molecule has 1 heterocycles. The van der Waals surface area contributed by atoms with Gasteiger partial charge < -0.3 is 10.6 Å². The lowest BCUT2D eigenvalue weighted by atomic mass is 9.94. The van der Waals surface area contributed by atoms with Crippen LogP contribution in [0.5, 0.6) is 0 Å². The van der Waals surface area contributed by atoms with Crippen LogP contribution < -0.4 is 16.0 Å². The van der Waals surface area contributed by atoms with E-state index in [-0.39, 0.29) is 31.7 Å². The third kappa shape index (κ3) is 6.52. The number of alkyl halides is 3. The van der Waals surface area contributed by atoms with Gasteiger partial charge in [-0.1, -0.05) is 50.0 Å². The van der Waals surface area contributed by atoms with Gasteiger partial charge in [0.2, 0.25) is 0 Å². The van der Waals surface area contributed by atoms with Gasteiger partial charge in [-0.3, -0.25) is 10.1 Å². The van der Waals surface area contributed by atoms with Crippen molar-refractivity contribution in [1.82, 2.24) is 5.32 Å². The topological polar surface area (TPSA) is 70.2 Å². The van der Waals surface area contributed by atoms with Gasteiger partial charge in [0.15, 0.2) is 0 Å². The summed E-state index contributed by atoms with van der Waals surface area (Å²) >= 11 is 13.0. The van der Waals surface area contributed by atoms with Crippen LogP contribution in [0.1, 0.15) is 36.0 Å². The number of nitrogens with one attached hydrogen (secondary N) is 3. The molecular formula is C18H18Cl2F3N3O2S. The van der Waals surface area contributed by atoms with Crippen molar-refractivity contribution in [3.8, 4) is 0 Å². The first-order chi connectivity index (χ1) is 13.3. The van der Waals surface area contributed by atoms with Crippen molar-refractivity contribution in [3.05, 3.63) is 44.8 Å². The molecule has 0 saturated heterocycles. The van der Waals surface area contributed by atoms with Crippen LogP contribution >= 0.6 is 34.5 Å². The van der Waals surface area contributed by atoms with Crippen LogP contribution in [0.2, 0.25) is 10.0 Å². The van der Waals surface area contributed by atoms with Gasteiger partial charge in [-0.25, -0.2) is 4.79 Å². The molecular weight excluding hydrogens is 450 g/mol. The highest BCUT2D eigenvalue weighted by molar-refractivity contribution is 7.16. The molecule has 5 nitrogen and oxygen atoms in total. The summed E-state index contributed by atoms with van der Waals surface area (Å²) < 4.78 is 37.3. The summed E-state index contributed by atoms with van der Waals surface area (Å²) in [4.78, 5) is 25.4. The Bertz CT molecular complexity index is 924. The number of halogens is 5. The van der Waals surface area contributed by atoms with Crippen LogP contribution in [0.25, 0.3) is 0 Å². The van der Waals surface area contributed by atoms with E-state index in [4.69, 9.17) is 23.2 Å². The number of anilines is 2. The molecule has 158 valence electrons. The zero-order valence-electron chi connectivity index (χ0n) is 15.6. The molecule has 0 saturated carbocycles. The van der Waals surface area contributed by atoms with Gasteiger partial charge in [0, 0.05) is 4.88 Å².